The Kier molecular flexibility index (Phi) is 4.62. The van der Waals surface area contributed by atoms with Crippen LogP contribution >= 0.6 is 11.3 Å². The van der Waals surface area contributed by atoms with Gasteiger partial charge in [0.15, 0.2) is 0 Å². The summed E-state index contributed by atoms with van der Waals surface area (Å²) in [5.41, 5.74) is 3.58. The highest BCUT2D eigenvalue weighted by atomic mass is 32.1. The zero-order valence-corrected chi connectivity index (χ0v) is 19.6. The first-order valence-electron chi connectivity index (χ1n) is 11.8. The summed E-state index contributed by atoms with van der Waals surface area (Å²) in [5.74, 6) is 2.24. The summed E-state index contributed by atoms with van der Waals surface area (Å²) in [4.78, 5) is 20.9. The van der Waals surface area contributed by atoms with E-state index in [9.17, 15) is 0 Å². The molecule has 0 N–H and O–H groups in total. The Bertz CT molecular complexity index is 1150. The van der Waals surface area contributed by atoms with Crippen LogP contribution in [0.15, 0.2) is 6.33 Å². The molecule has 6 heterocycles. The van der Waals surface area contributed by atoms with Crippen LogP contribution in [0.2, 0.25) is 0 Å². The Morgan fingerprint density at radius 1 is 1.03 bits per heavy atom. The molecule has 6 nitrogen and oxygen atoms in total. The number of aromatic nitrogens is 3. The van der Waals surface area contributed by atoms with Crippen LogP contribution in [0, 0.1) is 0 Å². The van der Waals surface area contributed by atoms with Crippen LogP contribution in [-0.2, 0) is 17.8 Å². The SMILES string of the molecule is C[C@@H]1CCCCN1c1ncnc2c1sc1nc(N3CCCC3)c3c(c12)CC(C)(C)OC3. The van der Waals surface area contributed by atoms with Gasteiger partial charge in [0.2, 0.25) is 0 Å². The van der Waals surface area contributed by atoms with Gasteiger partial charge in [-0.2, -0.15) is 0 Å². The fourth-order valence-electron chi connectivity index (χ4n) is 5.58. The Labute approximate surface area is 187 Å². The van der Waals surface area contributed by atoms with Gasteiger partial charge in [0, 0.05) is 43.0 Å². The average Bonchev–Trinajstić information content (AvgIpc) is 3.40. The van der Waals surface area contributed by atoms with Crippen molar-refractivity contribution >= 4 is 43.4 Å². The molecule has 1 atom stereocenters. The number of rotatable bonds is 2. The molecule has 6 rings (SSSR count). The molecule has 0 unspecified atom stereocenters. The van der Waals surface area contributed by atoms with Crippen LogP contribution in [0.1, 0.15) is 64.0 Å². The van der Waals surface area contributed by atoms with Crippen molar-refractivity contribution in [3.63, 3.8) is 0 Å². The lowest BCUT2D eigenvalue weighted by Gasteiger charge is -2.34. The molecular weight excluding hydrogens is 406 g/mol. The molecule has 164 valence electrons. The van der Waals surface area contributed by atoms with E-state index in [0.29, 0.717) is 12.6 Å². The number of anilines is 2. The van der Waals surface area contributed by atoms with Crippen LogP contribution in [0.5, 0.6) is 0 Å². The molecule has 3 aliphatic rings. The Hall–Kier alpha value is -1.99. The van der Waals surface area contributed by atoms with E-state index in [4.69, 9.17) is 19.7 Å². The van der Waals surface area contributed by atoms with E-state index in [-0.39, 0.29) is 5.60 Å². The third-order valence-electron chi connectivity index (χ3n) is 7.27. The van der Waals surface area contributed by atoms with Crippen LogP contribution in [0.3, 0.4) is 0 Å². The molecule has 0 aromatic carbocycles. The minimum atomic E-state index is -0.172. The van der Waals surface area contributed by atoms with E-state index < -0.39 is 0 Å². The highest BCUT2D eigenvalue weighted by Crippen LogP contribution is 2.45. The second-order valence-corrected chi connectivity index (χ2v) is 11.0. The maximum atomic E-state index is 6.26. The second kappa shape index (κ2) is 7.27. The molecule has 0 bridgehead atoms. The Morgan fingerprint density at radius 2 is 1.84 bits per heavy atom. The fourth-order valence-corrected chi connectivity index (χ4v) is 6.74. The number of hydrogen-bond donors (Lipinski definition) is 0. The summed E-state index contributed by atoms with van der Waals surface area (Å²) in [5, 5.41) is 1.24. The van der Waals surface area contributed by atoms with Crippen molar-refractivity contribution in [2.45, 2.75) is 77.5 Å². The van der Waals surface area contributed by atoms with E-state index >= 15 is 0 Å². The van der Waals surface area contributed by atoms with E-state index in [2.05, 4.69) is 30.6 Å². The number of nitrogens with zero attached hydrogens (tertiary/aromatic N) is 5. The molecule has 31 heavy (non-hydrogen) atoms. The molecule has 2 fully saturated rings. The lowest BCUT2D eigenvalue weighted by Crippen LogP contribution is -2.38. The normalized spacial score (nSPS) is 23.6. The molecule has 2 saturated heterocycles. The summed E-state index contributed by atoms with van der Waals surface area (Å²) in [6, 6.07) is 0.520. The van der Waals surface area contributed by atoms with Gasteiger partial charge < -0.3 is 14.5 Å². The first kappa shape index (κ1) is 19.7. The molecule has 0 amide bonds. The van der Waals surface area contributed by atoms with Gasteiger partial charge in [-0.3, -0.25) is 0 Å². The standard InChI is InChI=1S/C24H31N5OS/c1-15-8-4-5-11-29(15)22-20-19(25-14-26-22)18-16-12-24(2,3)30-13-17(16)21(27-23(18)31-20)28-9-6-7-10-28/h14-15H,4-13H2,1-3H3/t15-/m1/s1. The lowest BCUT2D eigenvalue weighted by molar-refractivity contribution is -0.0395. The lowest BCUT2D eigenvalue weighted by atomic mass is 9.90. The fraction of sp³-hybridized carbons (Fsp3) is 0.625. The maximum absolute atomic E-state index is 6.26. The average molecular weight is 438 g/mol. The molecule has 3 aromatic heterocycles. The summed E-state index contributed by atoms with van der Waals surface area (Å²) in [6.45, 7) is 10.6. The van der Waals surface area contributed by atoms with Crippen LogP contribution in [-0.4, -0.2) is 46.2 Å². The van der Waals surface area contributed by atoms with E-state index in [1.165, 1.54) is 53.3 Å². The Morgan fingerprint density at radius 3 is 2.65 bits per heavy atom. The zero-order chi connectivity index (χ0) is 21.2. The van der Waals surface area contributed by atoms with Crippen molar-refractivity contribution in [2.24, 2.45) is 0 Å². The van der Waals surface area contributed by atoms with Crippen molar-refractivity contribution in [3.8, 4) is 0 Å². The molecule has 0 aliphatic carbocycles. The van der Waals surface area contributed by atoms with E-state index in [0.717, 1.165) is 48.0 Å². The van der Waals surface area contributed by atoms with E-state index in [1.54, 1.807) is 17.7 Å². The second-order valence-electron chi connectivity index (χ2n) is 10.0. The first-order chi connectivity index (χ1) is 15.0. The minimum absolute atomic E-state index is 0.172. The summed E-state index contributed by atoms with van der Waals surface area (Å²) < 4.78 is 7.46. The van der Waals surface area contributed by atoms with Crippen LogP contribution in [0.4, 0.5) is 11.6 Å². The van der Waals surface area contributed by atoms with Gasteiger partial charge in [0.1, 0.15) is 22.8 Å². The van der Waals surface area contributed by atoms with Gasteiger partial charge in [-0.15, -0.1) is 11.3 Å². The molecule has 0 spiro atoms. The maximum Gasteiger partial charge on any atom is 0.150 e. The highest BCUT2D eigenvalue weighted by molar-refractivity contribution is 7.26. The number of pyridine rings is 1. The van der Waals surface area contributed by atoms with Crippen LogP contribution < -0.4 is 9.80 Å². The molecular formula is C24H31N5OS. The number of piperidine rings is 1. The third kappa shape index (κ3) is 3.20. The predicted octanol–water partition coefficient (Wildman–Crippen LogP) is 5.07. The van der Waals surface area contributed by atoms with Crippen molar-refractivity contribution in [3.05, 3.63) is 17.5 Å². The summed E-state index contributed by atoms with van der Waals surface area (Å²) >= 11 is 1.78. The van der Waals surface area contributed by atoms with Crippen molar-refractivity contribution in [1.29, 1.82) is 0 Å². The van der Waals surface area contributed by atoms with E-state index in [1.807, 2.05) is 0 Å². The van der Waals surface area contributed by atoms with Gasteiger partial charge in [0.05, 0.1) is 22.4 Å². The van der Waals surface area contributed by atoms with Crippen molar-refractivity contribution in [2.75, 3.05) is 29.4 Å². The van der Waals surface area contributed by atoms with Gasteiger partial charge in [0.25, 0.3) is 0 Å². The van der Waals surface area contributed by atoms with Gasteiger partial charge in [-0.25, -0.2) is 15.0 Å². The minimum Gasteiger partial charge on any atom is -0.370 e. The molecule has 3 aliphatic heterocycles. The third-order valence-corrected chi connectivity index (χ3v) is 8.34. The molecule has 7 heteroatoms. The largest absolute Gasteiger partial charge is 0.370 e. The zero-order valence-electron chi connectivity index (χ0n) is 18.8. The smallest absolute Gasteiger partial charge is 0.150 e. The predicted molar refractivity (Wildman–Crippen MR) is 127 cm³/mol. The summed E-state index contributed by atoms with van der Waals surface area (Å²) in [6.07, 6.45) is 8.92. The van der Waals surface area contributed by atoms with Gasteiger partial charge >= 0.3 is 0 Å². The number of ether oxygens (including phenoxy) is 1. The summed E-state index contributed by atoms with van der Waals surface area (Å²) in [7, 11) is 0. The number of fused-ring (bicyclic) bond motifs is 5. The molecule has 3 aromatic rings. The number of thiophene rings is 1. The van der Waals surface area contributed by atoms with Gasteiger partial charge in [-0.1, -0.05) is 0 Å². The Balaban J connectivity index is 1.60. The van der Waals surface area contributed by atoms with Crippen molar-refractivity contribution in [1.82, 2.24) is 15.0 Å². The molecule has 0 saturated carbocycles. The topological polar surface area (TPSA) is 54.4 Å². The molecule has 0 radical (unpaired) electrons. The van der Waals surface area contributed by atoms with Crippen LogP contribution in [0.25, 0.3) is 20.4 Å². The number of hydrogen-bond acceptors (Lipinski definition) is 7. The first-order valence-corrected chi connectivity index (χ1v) is 12.6. The van der Waals surface area contributed by atoms with Crippen molar-refractivity contribution < 1.29 is 4.74 Å². The quantitative estimate of drug-likeness (QED) is 0.558. The highest BCUT2D eigenvalue weighted by Gasteiger charge is 2.34. The van der Waals surface area contributed by atoms with Gasteiger partial charge in [-0.05, 0) is 58.4 Å². The monoisotopic (exact) mass is 437 g/mol.